The van der Waals surface area contributed by atoms with Gasteiger partial charge in [-0.1, -0.05) is 44.2 Å². The van der Waals surface area contributed by atoms with Crippen LogP contribution in [0.3, 0.4) is 0 Å². The Bertz CT molecular complexity index is 1110. The molecule has 4 rings (SSSR count). The number of carbonyl (C=O) groups is 1. The van der Waals surface area contributed by atoms with Gasteiger partial charge < -0.3 is 4.90 Å². The van der Waals surface area contributed by atoms with Crippen molar-refractivity contribution < 1.29 is 4.79 Å². The van der Waals surface area contributed by atoms with Gasteiger partial charge in [-0.3, -0.25) is 4.79 Å². The lowest BCUT2D eigenvalue weighted by molar-refractivity contribution is -0.131. The average Bonchev–Trinajstić information content (AvgIpc) is 3.09. The molecule has 1 aliphatic heterocycles. The third-order valence-corrected chi connectivity index (χ3v) is 6.84. The summed E-state index contributed by atoms with van der Waals surface area (Å²) in [5, 5.41) is 5.08. The predicted molar refractivity (Wildman–Crippen MR) is 128 cm³/mol. The number of amides is 1. The lowest BCUT2D eigenvalue weighted by Gasteiger charge is -2.31. The molecule has 0 saturated carbocycles. The molecule has 1 saturated heterocycles. The maximum Gasteiger partial charge on any atom is 0.350 e. The molecule has 1 amide bonds. The molecule has 6 nitrogen and oxygen atoms in total. The monoisotopic (exact) mass is 450 g/mol. The summed E-state index contributed by atoms with van der Waals surface area (Å²) < 4.78 is 3.11. The van der Waals surface area contributed by atoms with Crippen LogP contribution in [0.4, 0.5) is 0 Å². The summed E-state index contributed by atoms with van der Waals surface area (Å²) in [4.78, 5) is 28.7. The molecule has 0 spiro atoms. The number of carbonyl (C=O) groups excluding carboxylic acids is 1. The van der Waals surface area contributed by atoms with E-state index in [1.54, 1.807) is 11.6 Å². The second-order valence-electron chi connectivity index (χ2n) is 8.58. The van der Waals surface area contributed by atoms with Crippen LogP contribution >= 0.6 is 11.8 Å². The summed E-state index contributed by atoms with van der Waals surface area (Å²) in [6.07, 6.45) is 2.04. The lowest BCUT2D eigenvalue weighted by Crippen LogP contribution is -2.39. The molecule has 32 heavy (non-hydrogen) atoms. The predicted octanol–water partition coefficient (Wildman–Crippen LogP) is 4.02. The molecular weight excluding hydrogens is 420 g/mol. The van der Waals surface area contributed by atoms with Crippen LogP contribution < -0.4 is 5.69 Å². The van der Waals surface area contributed by atoms with E-state index in [2.05, 4.69) is 43.2 Å². The van der Waals surface area contributed by atoms with Crippen LogP contribution in [0.25, 0.3) is 5.69 Å². The minimum absolute atomic E-state index is 0.135. The molecule has 0 radical (unpaired) electrons. The molecule has 2 heterocycles. The molecule has 3 aromatic rings. The fraction of sp³-hybridized carbons (Fsp3) is 0.400. The Kier molecular flexibility index (Phi) is 6.84. The molecule has 0 atom stereocenters. The van der Waals surface area contributed by atoms with Crippen LogP contribution in [0.15, 0.2) is 64.3 Å². The third-order valence-electron chi connectivity index (χ3n) is 5.83. The van der Waals surface area contributed by atoms with Crippen LogP contribution in [0.5, 0.6) is 0 Å². The zero-order valence-electron chi connectivity index (χ0n) is 18.9. The van der Waals surface area contributed by atoms with Gasteiger partial charge in [-0.05, 0) is 42.7 Å². The highest BCUT2D eigenvalue weighted by Crippen LogP contribution is 2.28. The van der Waals surface area contributed by atoms with Gasteiger partial charge in [0.2, 0.25) is 5.91 Å². The summed E-state index contributed by atoms with van der Waals surface area (Å²) in [6.45, 7) is 5.72. The number of hydrogen-bond acceptors (Lipinski definition) is 4. The number of benzene rings is 2. The molecule has 7 heteroatoms. The Morgan fingerprint density at radius 3 is 2.34 bits per heavy atom. The second kappa shape index (κ2) is 9.77. The second-order valence-corrected chi connectivity index (χ2v) is 10.2. The first-order chi connectivity index (χ1) is 15.4. The lowest BCUT2D eigenvalue weighted by atomic mass is 9.95. The van der Waals surface area contributed by atoms with E-state index in [1.165, 1.54) is 9.58 Å². The highest BCUT2D eigenvalue weighted by molar-refractivity contribution is 7.99. The smallest absolute Gasteiger partial charge is 0.342 e. The van der Waals surface area contributed by atoms with E-state index >= 15 is 0 Å². The number of piperidine rings is 1. The van der Waals surface area contributed by atoms with Crippen molar-refractivity contribution in [1.29, 1.82) is 0 Å². The number of rotatable bonds is 6. The minimum Gasteiger partial charge on any atom is -0.342 e. The maximum absolute atomic E-state index is 12.9. The molecule has 168 valence electrons. The van der Waals surface area contributed by atoms with Crippen LogP contribution in [-0.4, -0.2) is 43.5 Å². The number of hydrogen-bond donors (Lipinski definition) is 0. The summed E-state index contributed by atoms with van der Waals surface area (Å²) in [5.41, 5.74) is 1.75. The molecular formula is C25H30N4O2S. The van der Waals surface area contributed by atoms with Crippen LogP contribution in [0, 0.1) is 0 Å². The molecule has 1 aromatic heterocycles. The average molecular weight is 451 g/mol. The number of nitrogens with zero attached hydrogens (tertiary/aromatic N) is 4. The summed E-state index contributed by atoms with van der Waals surface area (Å²) in [6, 6.07) is 18.0. The Labute approximate surface area is 193 Å². The van der Waals surface area contributed by atoms with E-state index in [0.717, 1.165) is 29.9 Å². The molecule has 0 aliphatic carbocycles. The Morgan fingerprint density at radius 1 is 1.06 bits per heavy atom. The number of thioether (sulfide) groups is 1. The fourth-order valence-corrected chi connectivity index (χ4v) is 5.04. The van der Waals surface area contributed by atoms with Gasteiger partial charge >= 0.3 is 5.69 Å². The van der Waals surface area contributed by atoms with Crippen molar-refractivity contribution in [2.45, 2.75) is 49.2 Å². The number of para-hydroxylation sites is 1. The van der Waals surface area contributed by atoms with Crippen molar-refractivity contribution in [3.05, 3.63) is 76.5 Å². The van der Waals surface area contributed by atoms with Gasteiger partial charge in [-0.2, -0.15) is 5.10 Å². The van der Waals surface area contributed by atoms with E-state index in [0.29, 0.717) is 24.8 Å². The van der Waals surface area contributed by atoms with Gasteiger partial charge in [0, 0.05) is 36.2 Å². The van der Waals surface area contributed by atoms with E-state index in [9.17, 15) is 9.59 Å². The first-order valence-electron chi connectivity index (χ1n) is 11.2. The van der Waals surface area contributed by atoms with E-state index in [1.807, 2.05) is 47.0 Å². The maximum atomic E-state index is 12.9. The molecule has 1 aliphatic rings. The van der Waals surface area contributed by atoms with Crippen molar-refractivity contribution in [2.75, 3.05) is 13.1 Å². The van der Waals surface area contributed by atoms with Crippen molar-refractivity contribution in [3.63, 3.8) is 0 Å². The Hall–Kier alpha value is -2.80. The highest BCUT2D eigenvalue weighted by atomic mass is 32.2. The van der Waals surface area contributed by atoms with Crippen LogP contribution in [0.1, 0.15) is 44.0 Å². The van der Waals surface area contributed by atoms with Gasteiger partial charge in [0.15, 0.2) is 0 Å². The molecule has 1 fully saturated rings. The number of aryl methyl sites for hydroxylation is 1. The molecule has 0 unspecified atom stereocenters. The number of aromatic nitrogens is 3. The topological polar surface area (TPSA) is 60.1 Å². The van der Waals surface area contributed by atoms with E-state index in [4.69, 9.17) is 0 Å². The molecule has 0 bridgehead atoms. The first kappa shape index (κ1) is 22.4. The van der Waals surface area contributed by atoms with Crippen molar-refractivity contribution in [1.82, 2.24) is 19.2 Å². The quantitative estimate of drug-likeness (QED) is 0.532. The van der Waals surface area contributed by atoms with Crippen molar-refractivity contribution in [2.24, 2.45) is 7.05 Å². The van der Waals surface area contributed by atoms with Crippen molar-refractivity contribution >= 4 is 17.7 Å². The molecule has 2 aromatic carbocycles. The summed E-state index contributed by atoms with van der Waals surface area (Å²) in [5.74, 6) is 1.10. The van der Waals surface area contributed by atoms with Gasteiger partial charge in [0.25, 0.3) is 0 Å². The van der Waals surface area contributed by atoms with E-state index in [-0.39, 0.29) is 17.5 Å². The summed E-state index contributed by atoms with van der Waals surface area (Å²) >= 11 is 1.83. The Balaban J connectivity index is 1.40. The van der Waals surface area contributed by atoms with Gasteiger partial charge in [0.1, 0.15) is 5.82 Å². The van der Waals surface area contributed by atoms with E-state index < -0.39 is 0 Å². The zero-order valence-corrected chi connectivity index (χ0v) is 19.7. The zero-order chi connectivity index (χ0) is 22.7. The summed E-state index contributed by atoms with van der Waals surface area (Å²) in [7, 11) is 1.69. The van der Waals surface area contributed by atoms with Gasteiger partial charge in [0.05, 0.1) is 12.1 Å². The van der Waals surface area contributed by atoms with Crippen LogP contribution in [-0.2, 0) is 18.3 Å². The van der Waals surface area contributed by atoms with Gasteiger partial charge in [-0.15, -0.1) is 11.8 Å². The SMILES string of the molecule is CC(C)Sc1ccc(CC(=O)N2CCC(c3nn(C)c(=O)n3-c3ccccc3)CC2)cc1. The fourth-order valence-electron chi connectivity index (χ4n) is 4.20. The highest BCUT2D eigenvalue weighted by Gasteiger charge is 2.28. The largest absolute Gasteiger partial charge is 0.350 e. The first-order valence-corrected chi connectivity index (χ1v) is 12.0. The standard InChI is InChI=1S/C25H30N4O2S/c1-18(2)32-22-11-9-19(10-12-22)17-23(30)28-15-13-20(14-16-28)24-26-27(3)25(31)29(24)21-7-5-4-6-8-21/h4-12,18,20H,13-17H2,1-3H3. The van der Waals surface area contributed by atoms with Gasteiger partial charge in [-0.25, -0.2) is 14.0 Å². The number of likely N-dealkylation sites (tertiary alicyclic amines) is 1. The van der Waals surface area contributed by atoms with Crippen molar-refractivity contribution in [3.8, 4) is 5.69 Å². The normalized spacial score (nSPS) is 14.8. The Morgan fingerprint density at radius 2 is 1.72 bits per heavy atom. The minimum atomic E-state index is -0.135. The van der Waals surface area contributed by atoms with Crippen LogP contribution in [0.2, 0.25) is 0 Å². The molecule has 0 N–H and O–H groups in total. The third kappa shape index (κ3) is 4.99.